The molecule has 2 aromatic rings. The second-order valence-corrected chi connectivity index (χ2v) is 6.31. The number of aliphatic imine (C=N–C) groups is 1. The third kappa shape index (κ3) is 6.71. The Morgan fingerprint density at radius 2 is 1.90 bits per heavy atom. The van der Waals surface area contributed by atoms with Crippen LogP contribution in [0.5, 0.6) is 11.5 Å². The molecule has 0 fully saturated rings. The molecule has 0 aliphatic heterocycles. The zero-order valence-electron chi connectivity index (χ0n) is 17.5. The van der Waals surface area contributed by atoms with Gasteiger partial charge < -0.3 is 25.4 Å². The van der Waals surface area contributed by atoms with Gasteiger partial charge in [-0.15, -0.1) is 0 Å². The zero-order valence-corrected chi connectivity index (χ0v) is 17.5. The van der Waals surface area contributed by atoms with Crippen LogP contribution in [-0.2, 0) is 6.54 Å². The lowest BCUT2D eigenvalue weighted by atomic mass is 10.1. The highest BCUT2D eigenvalue weighted by atomic mass is 16.5. The Bertz CT molecular complexity index is 837. The van der Waals surface area contributed by atoms with Gasteiger partial charge in [0, 0.05) is 37.5 Å². The number of rotatable bonds is 9. The van der Waals surface area contributed by atoms with Crippen molar-refractivity contribution in [2.24, 2.45) is 4.99 Å². The Morgan fingerprint density at radius 3 is 2.59 bits per heavy atom. The van der Waals surface area contributed by atoms with Gasteiger partial charge in [-0.2, -0.15) is 0 Å². The Balaban J connectivity index is 2.00. The second kappa shape index (κ2) is 11.6. The first-order valence-corrected chi connectivity index (χ1v) is 9.76. The first-order valence-electron chi connectivity index (χ1n) is 9.76. The van der Waals surface area contributed by atoms with Gasteiger partial charge in [-0.25, -0.2) is 0 Å². The predicted octanol–water partition coefficient (Wildman–Crippen LogP) is 3.42. The number of carbonyl (C=O) groups excluding carboxylic acids is 1. The van der Waals surface area contributed by atoms with Crippen LogP contribution in [-0.4, -0.2) is 39.2 Å². The monoisotopic (exact) mass is 398 g/mol. The van der Waals surface area contributed by atoms with Gasteiger partial charge in [0.05, 0.1) is 13.7 Å². The standard InChI is InChI=1S/C22H30N4O3/c1-5-12-24-21(27)17-9-7-8-16(13-17)15-25-22(23-3)26-18-10-11-19(29-6-2)20(14-18)28-4/h7-11,13-14H,5-6,12,15H2,1-4H3,(H,24,27)(H2,23,25,26). The molecule has 0 atom stereocenters. The Hall–Kier alpha value is -3.22. The maximum atomic E-state index is 12.1. The molecule has 0 heterocycles. The first-order chi connectivity index (χ1) is 14.1. The summed E-state index contributed by atoms with van der Waals surface area (Å²) in [6.07, 6.45) is 0.908. The Labute approximate surface area is 172 Å². The molecular weight excluding hydrogens is 368 g/mol. The molecule has 0 unspecified atom stereocenters. The van der Waals surface area contributed by atoms with E-state index < -0.39 is 0 Å². The molecule has 7 nitrogen and oxygen atoms in total. The number of ether oxygens (including phenoxy) is 2. The lowest BCUT2D eigenvalue weighted by Gasteiger charge is -2.15. The lowest BCUT2D eigenvalue weighted by molar-refractivity contribution is 0.0953. The molecule has 0 saturated heterocycles. The molecule has 2 aromatic carbocycles. The van der Waals surface area contributed by atoms with E-state index in [9.17, 15) is 4.79 Å². The largest absolute Gasteiger partial charge is 0.493 e. The highest BCUT2D eigenvalue weighted by molar-refractivity contribution is 5.95. The summed E-state index contributed by atoms with van der Waals surface area (Å²) in [6, 6.07) is 13.2. The summed E-state index contributed by atoms with van der Waals surface area (Å²) in [6.45, 7) is 5.73. The van der Waals surface area contributed by atoms with Gasteiger partial charge in [0.15, 0.2) is 17.5 Å². The summed E-state index contributed by atoms with van der Waals surface area (Å²) >= 11 is 0. The van der Waals surface area contributed by atoms with E-state index in [0.717, 1.165) is 17.7 Å². The van der Waals surface area contributed by atoms with E-state index >= 15 is 0 Å². The molecule has 2 rings (SSSR count). The fraction of sp³-hybridized carbons (Fsp3) is 0.364. The molecule has 0 aliphatic carbocycles. The predicted molar refractivity (Wildman–Crippen MR) is 117 cm³/mol. The SMILES string of the molecule is CCCNC(=O)c1cccc(CNC(=NC)Nc2ccc(OCC)c(OC)c2)c1. The van der Waals surface area contributed by atoms with Crippen molar-refractivity contribution in [3.8, 4) is 11.5 Å². The van der Waals surface area contributed by atoms with E-state index in [-0.39, 0.29) is 5.91 Å². The molecule has 0 aromatic heterocycles. The summed E-state index contributed by atoms with van der Waals surface area (Å²) in [7, 11) is 3.31. The van der Waals surface area contributed by atoms with E-state index in [2.05, 4.69) is 20.9 Å². The van der Waals surface area contributed by atoms with Crippen LogP contribution in [0.2, 0.25) is 0 Å². The topological polar surface area (TPSA) is 84.0 Å². The molecule has 29 heavy (non-hydrogen) atoms. The summed E-state index contributed by atoms with van der Waals surface area (Å²) in [5, 5.41) is 9.38. The van der Waals surface area contributed by atoms with Crippen molar-refractivity contribution in [2.45, 2.75) is 26.8 Å². The summed E-state index contributed by atoms with van der Waals surface area (Å²) < 4.78 is 10.9. The van der Waals surface area contributed by atoms with E-state index in [1.165, 1.54) is 0 Å². The van der Waals surface area contributed by atoms with Gasteiger partial charge in [-0.1, -0.05) is 19.1 Å². The second-order valence-electron chi connectivity index (χ2n) is 6.31. The Morgan fingerprint density at radius 1 is 1.07 bits per heavy atom. The van der Waals surface area contributed by atoms with Crippen molar-refractivity contribution in [3.63, 3.8) is 0 Å². The van der Waals surface area contributed by atoms with Crippen LogP contribution in [0, 0.1) is 0 Å². The third-order valence-corrected chi connectivity index (χ3v) is 4.13. The van der Waals surface area contributed by atoms with Crippen LogP contribution in [0.1, 0.15) is 36.2 Å². The molecule has 0 spiro atoms. The number of amides is 1. The highest BCUT2D eigenvalue weighted by Gasteiger charge is 2.08. The molecule has 0 bridgehead atoms. The number of carbonyl (C=O) groups is 1. The quantitative estimate of drug-likeness (QED) is 0.445. The molecular formula is C22H30N4O3. The van der Waals surface area contributed by atoms with Gasteiger partial charge in [0.2, 0.25) is 0 Å². The van der Waals surface area contributed by atoms with Crippen LogP contribution in [0.3, 0.4) is 0 Å². The molecule has 0 saturated carbocycles. The van der Waals surface area contributed by atoms with Crippen LogP contribution in [0.15, 0.2) is 47.5 Å². The van der Waals surface area contributed by atoms with Gasteiger partial charge >= 0.3 is 0 Å². The van der Waals surface area contributed by atoms with Crippen molar-refractivity contribution in [2.75, 3.05) is 32.6 Å². The van der Waals surface area contributed by atoms with Crippen molar-refractivity contribution in [1.29, 1.82) is 0 Å². The first kappa shape index (κ1) is 22.1. The van der Waals surface area contributed by atoms with Gasteiger partial charge in [0.25, 0.3) is 5.91 Å². The average molecular weight is 399 g/mol. The highest BCUT2D eigenvalue weighted by Crippen LogP contribution is 2.30. The van der Waals surface area contributed by atoms with E-state index in [4.69, 9.17) is 9.47 Å². The lowest BCUT2D eigenvalue weighted by Crippen LogP contribution is -2.30. The number of hydrogen-bond donors (Lipinski definition) is 3. The van der Waals surface area contributed by atoms with E-state index in [0.29, 0.717) is 42.7 Å². The molecule has 0 aliphatic rings. The maximum Gasteiger partial charge on any atom is 0.251 e. The van der Waals surface area contributed by atoms with Crippen LogP contribution < -0.4 is 25.4 Å². The summed E-state index contributed by atoms with van der Waals surface area (Å²) in [5.74, 6) is 1.90. The number of anilines is 1. The number of methoxy groups -OCH3 is 1. The number of nitrogens with one attached hydrogen (secondary N) is 3. The van der Waals surface area contributed by atoms with Crippen molar-refractivity contribution in [1.82, 2.24) is 10.6 Å². The van der Waals surface area contributed by atoms with E-state index in [1.54, 1.807) is 14.2 Å². The molecule has 1 amide bonds. The molecule has 0 radical (unpaired) electrons. The summed E-state index contributed by atoms with van der Waals surface area (Å²) in [5.41, 5.74) is 2.46. The van der Waals surface area contributed by atoms with Crippen molar-refractivity contribution < 1.29 is 14.3 Å². The van der Waals surface area contributed by atoms with E-state index in [1.807, 2.05) is 56.3 Å². The zero-order chi connectivity index (χ0) is 21.1. The molecule has 7 heteroatoms. The van der Waals surface area contributed by atoms with Crippen molar-refractivity contribution >= 4 is 17.6 Å². The van der Waals surface area contributed by atoms with Crippen LogP contribution >= 0.6 is 0 Å². The number of nitrogens with zero attached hydrogens (tertiary/aromatic N) is 1. The molecule has 156 valence electrons. The average Bonchev–Trinajstić information content (AvgIpc) is 2.76. The molecule has 3 N–H and O–H groups in total. The van der Waals surface area contributed by atoms with Gasteiger partial charge in [0.1, 0.15) is 0 Å². The van der Waals surface area contributed by atoms with Crippen LogP contribution in [0.25, 0.3) is 0 Å². The number of hydrogen-bond acceptors (Lipinski definition) is 4. The van der Waals surface area contributed by atoms with Crippen molar-refractivity contribution in [3.05, 3.63) is 53.6 Å². The summed E-state index contributed by atoms with van der Waals surface area (Å²) in [4.78, 5) is 16.4. The smallest absolute Gasteiger partial charge is 0.251 e. The van der Waals surface area contributed by atoms with Gasteiger partial charge in [-0.3, -0.25) is 9.79 Å². The fourth-order valence-corrected chi connectivity index (χ4v) is 2.68. The fourth-order valence-electron chi connectivity index (χ4n) is 2.68. The van der Waals surface area contributed by atoms with Gasteiger partial charge in [-0.05, 0) is 43.2 Å². The number of guanidine groups is 1. The minimum Gasteiger partial charge on any atom is -0.493 e. The Kier molecular flexibility index (Phi) is 8.82. The van der Waals surface area contributed by atoms with Crippen LogP contribution in [0.4, 0.5) is 5.69 Å². The number of benzene rings is 2. The normalized spacial score (nSPS) is 11.0. The maximum absolute atomic E-state index is 12.1. The minimum atomic E-state index is -0.0577. The minimum absolute atomic E-state index is 0.0577. The third-order valence-electron chi connectivity index (χ3n) is 4.13.